The third kappa shape index (κ3) is 2.60. The smallest absolute Gasteiger partial charge is 0.0500 e. The van der Waals surface area contributed by atoms with Crippen LogP contribution in [0.2, 0.25) is 0 Å². The van der Waals surface area contributed by atoms with Crippen molar-refractivity contribution >= 4 is 5.69 Å². The molecule has 0 radical (unpaired) electrons. The Morgan fingerprint density at radius 2 is 2.06 bits per heavy atom. The topological polar surface area (TPSA) is 24.9 Å². The molecule has 2 rings (SSSR count). The summed E-state index contributed by atoms with van der Waals surface area (Å²) >= 11 is 0. The molecule has 1 heterocycles. The van der Waals surface area contributed by atoms with E-state index in [0.717, 1.165) is 5.69 Å². The molecular formula is C14H16N2. The fourth-order valence-corrected chi connectivity index (χ4v) is 1.70. The van der Waals surface area contributed by atoms with Crippen LogP contribution in [0.25, 0.3) is 0 Å². The molecule has 1 aromatic heterocycles. The first-order chi connectivity index (χ1) is 7.75. The van der Waals surface area contributed by atoms with Crippen molar-refractivity contribution < 1.29 is 0 Å². The first kappa shape index (κ1) is 10.7. The van der Waals surface area contributed by atoms with E-state index in [1.807, 2.05) is 12.3 Å². The van der Waals surface area contributed by atoms with E-state index in [1.165, 1.54) is 11.1 Å². The fraction of sp³-hybridized carbons (Fsp3) is 0.214. The number of anilines is 1. The first-order valence-electron chi connectivity index (χ1n) is 5.49. The summed E-state index contributed by atoms with van der Waals surface area (Å²) in [5.41, 5.74) is 3.61. The van der Waals surface area contributed by atoms with Gasteiger partial charge in [-0.15, -0.1) is 0 Å². The summed E-state index contributed by atoms with van der Waals surface area (Å²) in [7, 11) is 0. The molecule has 2 heteroatoms. The van der Waals surface area contributed by atoms with E-state index in [1.54, 1.807) is 6.20 Å². The maximum atomic E-state index is 4.12. The second-order valence-electron chi connectivity index (χ2n) is 4.02. The minimum absolute atomic E-state index is 0.274. The van der Waals surface area contributed by atoms with Gasteiger partial charge in [-0.05, 0) is 43.2 Å². The van der Waals surface area contributed by atoms with Gasteiger partial charge in [0.1, 0.15) is 0 Å². The number of pyridine rings is 1. The van der Waals surface area contributed by atoms with Crippen molar-refractivity contribution in [2.45, 2.75) is 19.9 Å². The molecule has 1 N–H and O–H groups in total. The van der Waals surface area contributed by atoms with E-state index in [9.17, 15) is 0 Å². The summed E-state index contributed by atoms with van der Waals surface area (Å²) in [6.45, 7) is 4.24. The minimum atomic E-state index is 0.274. The number of nitrogens with zero attached hydrogens (tertiary/aromatic N) is 1. The lowest BCUT2D eigenvalue weighted by Crippen LogP contribution is -2.06. The number of aromatic nitrogens is 1. The second-order valence-corrected chi connectivity index (χ2v) is 4.02. The van der Waals surface area contributed by atoms with Crippen LogP contribution in [-0.4, -0.2) is 4.98 Å². The lowest BCUT2D eigenvalue weighted by Gasteiger charge is -2.15. The van der Waals surface area contributed by atoms with Gasteiger partial charge in [0.15, 0.2) is 0 Å². The molecule has 2 aromatic rings. The summed E-state index contributed by atoms with van der Waals surface area (Å²) < 4.78 is 0. The molecule has 0 saturated carbocycles. The molecule has 16 heavy (non-hydrogen) atoms. The number of nitrogens with one attached hydrogen (secondary N) is 1. The number of hydrogen-bond acceptors (Lipinski definition) is 2. The Hall–Kier alpha value is -1.83. The van der Waals surface area contributed by atoms with Gasteiger partial charge in [-0.1, -0.05) is 18.2 Å². The average molecular weight is 212 g/mol. The molecule has 0 aliphatic carbocycles. The van der Waals surface area contributed by atoms with Crippen molar-refractivity contribution in [3.05, 3.63) is 59.9 Å². The summed E-state index contributed by atoms with van der Waals surface area (Å²) in [6, 6.07) is 12.7. The minimum Gasteiger partial charge on any atom is -0.378 e. The van der Waals surface area contributed by atoms with Gasteiger partial charge < -0.3 is 5.32 Å². The Morgan fingerprint density at radius 1 is 1.19 bits per heavy atom. The lowest BCUT2D eigenvalue weighted by molar-refractivity contribution is 0.875. The molecule has 0 aliphatic rings. The Kier molecular flexibility index (Phi) is 3.20. The van der Waals surface area contributed by atoms with Gasteiger partial charge in [-0.2, -0.15) is 0 Å². The maximum absolute atomic E-state index is 4.12. The Labute approximate surface area is 96.4 Å². The molecule has 0 saturated heterocycles. The molecule has 2 nitrogen and oxygen atoms in total. The van der Waals surface area contributed by atoms with Crippen LogP contribution in [0.1, 0.15) is 24.1 Å². The van der Waals surface area contributed by atoms with Crippen molar-refractivity contribution in [1.29, 1.82) is 0 Å². The first-order valence-corrected chi connectivity index (χ1v) is 5.49. The van der Waals surface area contributed by atoms with Crippen molar-refractivity contribution in [3.8, 4) is 0 Å². The molecule has 82 valence electrons. The van der Waals surface area contributed by atoms with Crippen LogP contribution in [0, 0.1) is 6.92 Å². The van der Waals surface area contributed by atoms with Gasteiger partial charge in [-0.25, -0.2) is 0 Å². The van der Waals surface area contributed by atoms with Crippen molar-refractivity contribution in [2.24, 2.45) is 0 Å². The number of aryl methyl sites for hydroxylation is 1. The highest BCUT2D eigenvalue weighted by Gasteiger charge is 2.04. The fourth-order valence-electron chi connectivity index (χ4n) is 1.70. The summed E-state index contributed by atoms with van der Waals surface area (Å²) in [5.74, 6) is 0. The lowest BCUT2D eigenvalue weighted by atomic mass is 10.1. The van der Waals surface area contributed by atoms with E-state index in [2.05, 4.69) is 54.5 Å². The van der Waals surface area contributed by atoms with Crippen LogP contribution >= 0.6 is 0 Å². The SMILES string of the molecule is Cc1cccc(NC(C)c2cccnc2)c1. The second kappa shape index (κ2) is 4.79. The molecule has 0 fully saturated rings. The zero-order valence-corrected chi connectivity index (χ0v) is 9.64. The van der Waals surface area contributed by atoms with Gasteiger partial charge in [0, 0.05) is 18.1 Å². The van der Waals surface area contributed by atoms with E-state index >= 15 is 0 Å². The zero-order chi connectivity index (χ0) is 11.4. The van der Waals surface area contributed by atoms with Gasteiger partial charge in [0.05, 0.1) is 6.04 Å². The van der Waals surface area contributed by atoms with Crippen LogP contribution in [0.5, 0.6) is 0 Å². The Morgan fingerprint density at radius 3 is 2.75 bits per heavy atom. The Balaban J connectivity index is 2.11. The molecular weight excluding hydrogens is 196 g/mol. The van der Waals surface area contributed by atoms with Crippen molar-refractivity contribution in [3.63, 3.8) is 0 Å². The van der Waals surface area contributed by atoms with Crippen molar-refractivity contribution in [1.82, 2.24) is 4.98 Å². The third-order valence-electron chi connectivity index (χ3n) is 2.59. The normalized spacial score (nSPS) is 12.1. The molecule has 0 bridgehead atoms. The van der Waals surface area contributed by atoms with Crippen LogP contribution in [0.15, 0.2) is 48.8 Å². The van der Waals surface area contributed by atoms with Gasteiger partial charge in [0.2, 0.25) is 0 Å². The molecule has 1 unspecified atom stereocenters. The van der Waals surface area contributed by atoms with Gasteiger partial charge in [0.25, 0.3) is 0 Å². The van der Waals surface area contributed by atoms with E-state index in [4.69, 9.17) is 0 Å². The van der Waals surface area contributed by atoms with E-state index in [0.29, 0.717) is 0 Å². The van der Waals surface area contributed by atoms with E-state index < -0.39 is 0 Å². The maximum Gasteiger partial charge on any atom is 0.0500 e. The van der Waals surface area contributed by atoms with Crippen LogP contribution in [-0.2, 0) is 0 Å². The highest BCUT2D eigenvalue weighted by molar-refractivity contribution is 5.47. The highest BCUT2D eigenvalue weighted by Crippen LogP contribution is 2.18. The number of hydrogen-bond donors (Lipinski definition) is 1. The predicted molar refractivity (Wildman–Crippen MR) is 67.5 cm³/mol. The quantitative estimate of drug-likeness (QED) is 0.841. The Bertz CT molecular complexity index is 451. The largest absolute Gasteiger partial charge is 0.378 e. The summed E-state index contributed by atoms with van der Waals surface area (Å²) in [5, 5.41) is 3.46. The van der Waals surface area contributed by atoms with Crippen LogP contribution < -0.4 is 5.32 Å². The zero-order valence-electron chi connectivity index (χ0n) is 9.64. The van der Waals surface area contributed by atoms with Gasteiger partial charge in [-0.3, -0.25) is 4.98 Å². The number of rotatable bonds is 3. The average Bonchev–Trinajstić information content (AvgIpc) is 2.30. The molecule has 1 aromatic carbocycles. The van der Waals surface area contributed by atoms with E-state index in [-0.39, 0.29) is 6.04 Å². The molecule has 1 atom stereocenters. The molecule has 0 amide bonds. The third-order valence-corrected chi connectivity index (χ3v) is 2.59. The highest BCUT2D eigenvalue weighted by atomic mass is 14.9. The molecule has 0 spiro atoms. The summed E-state index contributed by atoms with van der Waals surface area (Å²) in [6.07, 6.45) is 3.69. The van der Waals surface area contributed by atoms with Gasteiger partial charge >= 0.3 is 0 Å². The summed E-state index contributed by atoms with van der Waals surface area (Å²) in [4.78, 5) is 4.12. The predicted octanol–water partition coefficient (Wildman–Crippen LogP) is 3.56. The monoisotopic (exact) mass is 212 g/mol. The van der Waals surface area contributed by atoms with Crippen LogP contribution in [0.3, 0.4) is 0 Å². The van der Waals surface area contributed by atoms with Crippen LogP contribution in [0.4, 0.5) is 5.69 Å². The standard InChI is InChI=1S/C14H16N2/c1-11-5-3-7-14(9-11)16-12(2)13-6-4-8-15-10-13/h3-10,12,16H,1-2H3. The van der Waals surface area contributed by atoms with Crippen molar-refractivity contribution in [2.75, 3.05) is 5.32 Å². The number of benzene rings is 1. The molecule has 0 aliphatic heterocycles.